The zero-order chi connectivity index (χ0) is 20.7. The van der Waals surface area contributed by atoms with Crippen molar-refractivity contribution in [1.82, 2.24) is 24.6 Å². The van der Waals surface area contributed by atoms with Crippen LogP contribution in [0.15, 0.2) is 24.4 Å². The number of halogens is 2. The lowest BCUT2D eigenvalue weighted by atomic mass is 10.1. The molecule has 4 rings (SSSR count). The number of hydrogen-bond donors (Lipinski definition) is 0. The van der Waals surface area contributed by atoms with E-state index in [1.54, 1.807) is 12.3 Å². The third-order valence-electron chi connectivity index (χ3n) is 5.48. The molecule has 1 aliphatic heterocycles. The van der Waals surface area contributed by atoms with E-state index in [1.165, 1.54) is 0 Å². The minimum absolute atomic E-state index is 0.122. The first-order valence-corrected chi connectivity index (χ1v) is 10.3. The van der Waals surface area contributed by atoms with Crippen LogP contribution >= 0.6 is 23.2 Å². The summed E-state index contributed by atoms with van der Waals surface area (Å²) in [7, 11) is 0. The summed E-state index contributed by atoms with van der Waals surface area (Å²) in [5.74, 6) is 0.783. The van der Waals surface area contributed by atoms with E-state index < -0.39 is 0 Å². The molecule has 2 aromatic heterocycles. The molecule has 0 saturated carbocycles. The SMILES string of the molecule is Cc1nn(C(C)c2ccc(Cl)cc2Cl)c2nc(N3CCN(C=O)[C@H](C)C3)cnc12. The third kappa shape index (κ3) is 3.65. The van der Waals surface area contributed by atoms with Crippen molar-refractivity contribution in [1.29, 1.82) is 0 Å². The Morgan fingerprint density at radius 3 is 2.76 bits per heavy atom. The Morgan fingerprint density at radius 2 is 2.07 bits per heavy atom. The molecule has 0 aliphatic carbocycles. The van der Waals surface area contributed by atoms with Gasteiger partial charge in [-0.2, -0.15) is 5.10 Å². The van der Waals surface area contributed by atoms with Crippen molar-refractivity contribution < 1.29 is 4.79 Å². The summed E-state index contributed by atoms with van der Waals surface area (Å²) in [6, 6.07) is 5.46. The normalized spacial score (nSPS) is 18.3. The Balaban J connectivity index is 1.72. The van der Waals surface area contributed by atoms with Crippen molar-refractivity contribution in [2.45, 2.75) is 32.9 Å². The number of aryl methyl sites for hydroxylation is 1. The van der Waals surface area contributed by atoms with Gasteiger partial charge in [-0.1, -0.05) is 29.3 Å². The Morgan fingerprint density at radius 1 is 1.28 bits per heavy atom. The predicted octanol–water partition coefficient (Wildman–Crippen LogP) is 3.72. The van der Waals surface area contributed by atoms with Crippen LogP contribution in [0.5, 0.6) is 0 Å². The maximum Gasteiger partial charge on any atom is 0.210 e. The van der Waals surface area contributed by atoms with Crippen LogP contribution in [0.2, 0.25) is 10.0 Å². The summed E-state index contributed by atoms with van der Waals surface area (Å²) < 4.78 is 1.86. The summed E-state index contributed by atoms with van der Waals surface area (Å²) in [5.41, 5.74) is 3.21. The Labute approximate surface area is 179 Å². The van der Waals surface area contributed by atoms with Crippen molar-refractivity contribution in [3.05, 3.63) is 45.7 Å². The first-order valence-electron chi connectivity index (χ1n) is 9.52. The molecule has 152 valence electrons. The Bertz CT molecular complexity index is 1070. The molecule has 7 nitrogen and oxygen atoms in total. The highest BCUT2D eigenvalue weighted by atomic mass is 35.5. The van der Waals surface area contributed by atoms with Crippen LogP contribution in [0.3, 0.4) is 0 Å². The first-order chi connectivity index (χ1) is 13.9. The number of carbonyl (C=O) groups excluding carboxylic acids is 1. The number of piperazine rings is 1. The van der Waals surface area contributed by atoms with Gasteiger partial charge in [0.15, 0.2) is 5.65 Å². The van der Waals surface area contributed by atoms with Gasteiger partial charge in [0.25, 0.3) is 0 Å². The molecule has 9 heteroatoms. The quantitative estimate of drug-likeness (QED) is 0.587. The summed E-state index contributed by atoms with van der Waals surface area (Å²) in [6.45, 7) is 8.08. The Hall–Kier alpha value is -2.38. The zero-order valence-corrected chi connectivity index (χ0v) is 18.0. The molecule has 3 aromatic rings. The predicted molar refractivity (Wildman–Crippen MR) is 115 cm³/mol. The van der Waals surface area contributed by atoms with Crippen molar-refractivity contribution in [2.75, 3.05) is 24.5 Å². The van der Waals surface area contributed by atoms with E-state index in [0.717, 1.165) is 35.5 Å². The molecule has 0 radical (unpaired) electrons. The molecule has 1 aromatic carbocycles. The molecule has 2 atom stereocenters. The average Bonchev–Trinajstić information content (AvgIpc) is 3.03. The van der Waals surface area contributed by atoms with Crippen molar-refractivity contribution >= 4 is 46.6 Å². The molecular weight excluding hydrogens is 411 g/mol. The molecule has 1 fully saturated rings. The number of aromatic nitrogens is 4. The number of carbonyl (C=O) groups is 1. The van der Waals surface area contributed by atoms with Gasteiger partial charge in [0, 0.05) is 35.7 Å². The van der Waals surface area contributed by atoms with Crippen LogP contribution in [0.4, 0.5) is 5.82 Å². The van der Waals surface area contributed by atoms with Gasteiger partial charge >= 0.3 is 0 Å². The second-order valence-electron chi connectivity index (χ2n) is 7.41. The van der Waals surface area contributed by atoms with Crippen LogP contribution in [-0.4, -0.2) is 56.7 Å². The lowest BCUT2D eigenvalue weighted by Crippen LogP contribution is -2.51. The lowest BCUT2D eigenvalue weighted by molar-refractivity contribution is -0.120. The molecule has 3 heterocycles. The van der Waals surface area contributed by atoms with E-state index in [-0.39, 0.29) is 12.1 Å². The van der Waals surface area contributed by atoms with Crippen LogP contribution < -0.4 is 4.90 Å². The maximum absolute atomic E-state index is 11.1. The summed E-state index contributed by atoms with van der Waals surface area (Å²) in [6.07, 6.45) is 2.69. The van der Waals surface area contributed by atoms with Crippen molar-refractivity contribution in [2.24, 2.45) is 0 Å². The molecular formula is C20H22Cl2N6O. The molecule has 0 N–H and O–H groups in total. The van der Waals surface area contributed by atoms with Gasteiger partial charge in [-0.25, -0.2) is 14.6 Å². The molecule has 29 heavy (non-hydrogen) atoms. The minimum atomic E-state index is -0.133. The van der Waals surface area contributed by atoms with Gasteiger partial charge in [0.2, 0.25) is 6.41 Å². The number of fused-ring (bicyclic) bond motifs is 1. The van der Waals surface area contributed by atoms with Crippen LogP contribution in [-0.2, 0) is 4.79 Å². The van der Waals surface area contributed by atoms with Crippen LogP contribution in [0, 0.1) is 6.92 Å². The molecule has 1 amide bonds. The molecule has 1 aliphatic rings. The van der Waals surface area contributed by atoms with Crippen LogP contribution in [0.1, 0.15) is 31.1 Å². The maximum atomic E-state index is 11.1. The van der Waals surface area contributed by atoms with Gasteiger partial charge in [-0.05, 0) is 38.5 Å². The summed E-state index contributed by atoms with van der Waals surface area (Å²) in [4.78, 5) is 24.6. The van der Waals surface area contributed by atoms with E-state index in [4.69, 9.17) is 28.2 Å². The zero-order valence-electron chi connectivity index (χ0n) is 16.5. The molecule has 1 saturated heterocycles. The van der Waals surface area contributed by atoms with Gasteiger partial charge in [0.05, 0.1) is 17.9 Å². The van der Waals surface area contributed by atoms with E-state index in [0.29, 0.717) is 28.8 Å². The van der Waals surface area contributed by atoms with E-state index in [1.807, 2.05) is 42.5 Å². The monoisotopic (exact) mass is 432 g/mol. The third-order valence-corrected chi connectivity index (χ3v) is 6.04. The number of amides is 1. The smallest absolute Gasteiger partial charge is 0.210 e. The fourth-order valence-electron chi connectivity index (χ4n) is 3.77. The Kier molecular flexibility index (Phi) is 5.36. The largest absolute Gasteiger partial charge is 0.351 e. The standard InChI is InChI=1S/C20H22Cl2N6O/c1-12-10-26(6-7-27(12)11-29)18-9-23-19-13(2)25-28(20(19)24-18)14(3)16-5-4-15(21)8-17(16)22/h4-5,8-9,11-12,14H,6-7,10H2,1-3H3/t12-,14?/m1/s1. The fraction of sp³-hybridized carbons (Fsp3) is 0.400. The van der Waals surface area contributed by atoms with Gasteiger partial charge in [-0.3, -0.25) is 4.79 Å². The highest BCUT2D eigenvalue weighted by Gasteiger charge is 2.25. The number of rotatable bonds is 4. The topological polar surface area (TPSA) is 67.2 Å². The van der Waals surface area contributed by atoms with Gasteiger partial charge in [-0.15, -0.1) is 0 Å². The van der Waals surface area contributed by atoms with E-state index in [2.05, 4.69) is 15.0 Å². The second kappa shape index (κ2) is 7.80. The van der Waals surface area contributed by atoms with E-state index >= 15 is 0 Å². The van der Waals surface area contributed by atoms with E-state index in [9.17, 15) is 4.79 Å². The highest BCUT2D eigenvalue weighted by Crippen LogP contribution is 2.31. The highest BCUT2D eigenvalue weighted by molar-refractivity contribution is 6.35. The molecule has 0 bridgehead atoms. The lowest BCUT2D eigenvalue weighted by Gasteiger charge is -2.38. The number of benzene rings is 1. The van der Waals surface area contributed by atoms with Gasteiger partial charge < -0.3 is 9.80 Å². The van der Waals surface area contributed by atoms with Crippen LogP contribution in [0.25, 0.3) is 11.2 Å². The number of nitrogens with zero attached hydrogens (tertiary/aromatic N) is 6. The average molecular weight is 433 g/mol. The number of hydrogen-bond acceptors (Lipinski definition) is 5. The second-order valence-corrected chi connectivity index (χ2v) is 8.25. The number of anilines is 1. The van der Waals surface area contributed by atoms with Crippen molar-refractivity contribution in [3.8, 4) is 0 Å². The fourth-order valence-corrected chi connectivity index (χ4v) is 4.34. The first kappa shape index (κ1) is 19.9. The minimum Gasteiger partial charge on any atom is -0.351 e. The molecule has 0 spiro atoms. The van der Waals surface area contributed by atoms with Crippen molar-refractivity contribution in [3.63, 3.8) is 0 Å². The summed E-state index contributed by atoms with van der Waals surface area (Å²) in [5, 5.41) is 5.87. The van der Waals surface area contributed by atoms with Gasteiger partial charge in [0.1, 0.15) is 11.3 Å². The molecule has 1 unspecified atom stereocenters. The summed E-state index contributed by atoms with van der Waals surface area (Å²) >= 11 is 12.5.